The van der Waals surface area contributed by atoms with Gasteiger partial charge >= 0.3 is 0 Å². The molecule has 20 heavy (non-hydrogen) atoms. The molecular weight excluding hydrogens is 250 g/mol. The molecule has 3 rings (SSSR count). The maximum absolute atomic E-state index is 5.75. The highest BCUT2D eigenvalue weighted by Crippen LogP contribution is 2.34. The largest absolute Gasteiger partial charge is 0.491 e. The molecule has 0 amide bonds. The van der Waals surface area contributed by atoms with E-state index in [2.05, 4.69) is 29.7 Å². The first-order chi connectivity index (χ1) is 9.85. The van der Waals surface area contributed by atoms with E-state index in [1.54, 1.807) is 12.8 Å². The first-order valence-electron chi connectivity index (χ1n) is 7.61. The minimum atomic E-state index is 0.610. The van der Waals surface area contributed by atoms with Crippen molar-refractivity contribution < 1.29 is 9.47 Å². The van der Waals surface area contributed by atoms with E-state index in [-0.39, 0.29) is 0 Å². The highest BCUT2D eigenvalue weighted by atomic mass is 16.5. The molecule has 0 saturated carbocycles. The summed E-state index contributed by atoms with van der Waals surface area (Å²) in [6.45, 7) is 4.66. The van der Waals surface area contributed by atoms with Crippen LogP contribution in [0.15, 0.2) is 18.2 Å². The van der Waals surface area contributed by atoms with Crippen molar-refractivity contribution in [2.75, 3.05) is 20.3 Å². The monoisotopic (exact) mass is 273 g/mol. The van der Waals surface area contributed by atoms with Crippen molar-refractivity contribution in [3.8, 4) is 5.75 Å². The van der Waals surface area contributed by atoms with E-state index in [1.807, 2.05) is 0 Å². The van der Waals surface area contributed by atoms with Crippen molar-refractivity contribution in [3.63, 3.8) is 0 Å². The van der Waals surface area contributed by atoms with Gasteiger partial charge in [-0.15, -0.1) is 0 Å². The Bertz CT molecular complexity index is 601. The second kappa shape index (κ2) is 5.88. The molecule has 1 aliphatic heterocycles. The first kappa shape index (κ1) is 13.5. The van der Waals surface area contributed by atoms with Crippen molar-refractivity contribution in [2.24, 2.45) is 0 Å². The van der Waals surface area contributed by atoms with Crippen LogP contribution in [0.3, 0.4) is 0 Å². The van der Waals surface area contributed by atoms with Gasteiger partial charge in [0.05, 0.1) is 6.61 Å². The number of methoxy groups -OCH3 is 1. The normalized spacial score (nSPS) is 13.9. The minimum absolute atomic E-state index is 0.610. The van der Waals surface area contributed by atoms with Crippen molar-refractivity contribution in [1.29, 1.82) is 0 Å². The van der Waals surface area contributed by atoms with E-state index in [1.165, 1.54) is 48.7 Å². The van der Waals surface area contributed by atoms with Gasteiger partial charge in [0.25, 0.3) is 0 Å². The number of hydrogen-bond acceptors (Lipinski definition) is 2. The highest BCUT2D eigenvalue weighted by Gasteiger charge is 2.20. The molecule has 1 aromatic carbocycles. The molecule has 3 nitrogen and oxygen atoms in total. The molecule has 3 heteroatoms. The second-order valence-corrected chi connectivity index (χ2v) is 5.45. The summed E-state index contributed by atoms with van der Waals surface area (Å²) in [6, 6.07) is 6.51. The van der Waals surface area contributed by atoms with Gasteiger partial charge in [0.2, 0.25) is 0 Å². The molecule has 0 atom stereocenters. The number of benzene rings is 1. The van der Waals surface area contributed by atoms with Gasteiger partial charge in [0.1, 0.15) is 12.4 Å². The third-order valence-corrected chi connectivity index (χ3v) is 4.11. The lowest BCUT2D eigenvalue weighted by Crippen LogP contribution is -2.04. The van der Waals surface area contributed by atoms with E-state index >= 15 is 0 Å². The van der Waals surface area contributed by atoms with Crippen LogP contribution < -0.4 is 4.74 Å². The van der Waals surface area contributed by atoms with Gasteiger partial charge in [-0.25, -0.2) is 0 Å². The maximum Gasteiger partial charge on any atom is 0.120 e. The summed E-state index contributed by atoms with van der Waals surface area (Å²) in [5, 5.41) is 1.39. The van der Waals surface area contributed by atoms with Gasteiger partial charge in [-0.2, -0.15) is 0 Å². The molecule has 1 aromatic heterocycles. The van der Waals surface area contributed by atoms with Crippen LogP contribution in [-0.4, -0.2) is 24.9 Å². The summed E-state index contributed by atoms with van der Waals surface area (Å²) in [4.78, 5) is 0. The molecule has 2 aromatic rings. The lowest BCUT2D eigenvalue weighted by molar-refractivity contribution is 0.146. The maximum atomic E-state index is 5.75. The van der Waals surface area contributed by atoms with Crippen molar-refractivity contribution in [2.45, 2.75) is 39.2 Å². The summed E-state index contributed by atoms with van der Waals surface area (Å²) in [7, 11) is 1.70. The van der Waals surface area contributed by atoms with Crippen LogP contribution in [0.4, 0.5) is 0 Å². The van der Waals surface area contributed by atoms with Gasteiger partial charge < -0.3 is 14.0 Å². The Morgan fingerprint density at radius 2 is 2.15 bits per heavy atom. The van der Waals surface area contributed by atoms with Crippen molar-refractivity contribution in [1.82, 2.24) is 4.57 Å². The average molecular weight is 273 g/mol. The summed E-state index contributed by atoms with van der Waals surface area (Å²) in [5.74, 6) is 0.955. The summed E-state index contributed by atoms with van der Waals surface area (Å²) < 4.78 is 13.3. The molecule has 0 bridgehead atoms. The van der Waals surface area contributed by atoms with E-state index in [4.69, 9.17) is 9.47 Å². The topological polar surface area (TPSA) is 23.4 Å². The van der Waals surface area contributed by atoms with Crippen LogP contribution in [0.1, 0.15) is 31.0 Å². The van der Waals surface area contributed by atoms with Crippen LogP contribution in [-0.2, 0) is 24.1 Å². The quantitative estimate of drug-likeness (QED) is 0.751. The zero-order valence-electron chi connectivity index (χ0n) is 12.4. The third-order valence-electron chi connectivity index (χ3n) is 4.11. The van der Waals surface area contributed by atoms with E-state index < -0.39 is 0 Å². The fraction of sp³-hybridized carbons (Fsp3) is 0.529. The molecule has 0 unspecified atom stereocenters. The van der Waals surface area contributed by atoms with Crippen LogP contribution in [0.2, 0.25) is 0 Å². The molecule has 2 heterocycles. The van der Waals surface area contributed by atoms with Gasteiger partial charge in [-0.1, -0.05) is 13.3 Å². The molecule has 0 saturated heterocycles. The Labute approximate surface area is 120 Å². The number of ether oxygens (including phenoxy) is 2. The Kier molecular flexibility index (Phi) is 3.97. The number of fused-ring (bicyclic) bond motifs is 3. The third kappa shape index (κ3) is 2.31. The number of nitrogens with zero attached hydrogens (tertiary/aromatic N) is 1. The molecule has 0 radical (unpaired) electrons. The molecule has 108 valence electrons. The Morgan fingerprint density at radius 3 is 2.95 bits per heavy atom. The first-order valence-corrected chi connectivity index (χ1v) is 7.61. The fourth-order valence-electron chi connectivity index (χ4n) is 3.26. The fourth-order valence-corrected chi connectivity index (χ4v) is 3.26. The van der Waals surface area contributed by atoms with Gasteiger partial charge in [0.15, 0.2) is 0 Å². The number of hydrogen-bond donors (Lipinski definition) is 0. The van der Waals surface area contributed by atoms with Crippen LogP contribution in [0.25, 0.3) is 10.9 Å². The Hall–Kier alpha value is -1.48. The van der Waals surface area contributed by atoms with E-state index in [9.17, 15) is 0 Å². The molecular formula is C17H23NO2. The molecule has 0 fully saturated rings. The smallest absolute Gasteiger partial charge is 0.120 e. The molecule has 0 spiro atoms. The number of aryl methyl sites for hydroxylation is 2. The van der Waals surface area contributed by atoms with Crippen molar-refractivity contribution >= 4 is 10.9 Å². The molecule has 0 N–H and O–H groups in total. The summed E-state index contributed by atoms with van der Waals surface area (Å²) in [5.41, 5.74) is 4.47. The van der Waals surface area contributed by atoms with E-state index in [0.717, 1.165) is 5.75 Å². The predicted molar refractivity (Wildman–Crippen MR) is 81.6 cm³/mol. The summed E-state index contributed by atoms with van der Waals surface area (Å²) >= 11 is 0. The van der Waals surface area contributed by atoms with Gasteiger partial charge in [-0.05, 0) is 43.0 Å². The van der Waals surface area contributed by atoms with Crippen LogP contribution >= 0.6 is 0 Å². The predicted octanol–water partition coefficient (Wildman–Crippen LogP) is 3.57. The standard InChI is InChI=1S/C17H23NO2/c1-3-5-14-15-12-13(20-11-10-19-2)7-8-17(15)18-9-4-6-16(14)18/h7-8,12H,3-6,9-11H2,1-2H3. The van der Waals surface area contributed by atoms with Gasteiger partial charge in [0, 0.05) is 30.3 Å². The molecule has 0 aliphatic carbocycles. The Balaban J connectivity index is 1.98. The highest BCUT2D eigenvalue weighted by molar-refractivity contribution is 5.87. The number of rotatable bonds is 6. The second-order valence-electron chi connectivity index (χ2n) is 5.45. The van der Waals surface area contributed by atoms with Crippen LogP contribution in [0.5, 0.6) is 5.75 Å². The van der Waals surface area contributed by atoms with E-state index in [0.29, 0.717) is 13.2 Å². The molecule has 1 aliphatic rings. The van der Waals surface area contributed by atoms with Crippen LogP contribution in [0, 0.1) is 0 Å². The number of aromatic nitrogens is 1. The zero-order valence-corrected chi connectivity index (χ0v) is 12.4. The lowest BCUT2D eigenvalue weighted by atomic mass is 10.0. The van der Waals surface area contributed by atoms with Crippen molar-refractivity contribution in [3.05, 3.63) is 29.5 Å². The minimum Gasteiger partial charge on any atom is -0.491 e. The lowest BCUT2D eigenvalue weighted by Gasteiger charge is -2.07. The summed E-state index contributed by atoms with van der Waals surface area (Å²) in [6.07, 6.45) is 4.87. The zero-order chi connectivity index (χ0) is 13.9. The SMILES string of the molecule is CCCc1c2n(c3ccc(OCCOC)cc13)CCC2. The average Bonchev–Trinajstić information content (AvgIpc) is 3.02. The Morgan fingerprint density at radius 1 is 1.25 bits per heavy atom. The van der Waals surface area contributed by atoms with Gasteiger partial charge in [-0.3, -0.25) is 0 Å².